The van der Waals surface area contributed by atoms with E-state index in [0.29, 0.717) is 12.3 Å². The molecule has 1 aromatic carbocycles. The minimum absolute atomic E-state index is 0.186. The summed E-state index contributed by atoms with van der Waals surface area (Å²) in [5.41, 5.74) is 0.944. The second-order valence-electron chi connectivity index (χ2n) is 5.29. The monoisotopic (exact) mass is 251 g/mol. The highest BCUT2D eigenvalue weighted by molar-refractivity contribution is 5.29. The third kappa shape index (κ3) is 3.45. The lowest BCUT2D eigenvalue weighted by atomic mass is 9.89. The van der Waals surface area contributed by atoms with Gasteiger partial charge in [-0.25, -0.2) is 4.39 Å². The van der Waals surface area contributed by atoms with Gasteiger partial charge in [0.05, 0.1) is 6.10 Å². The fourth-order valence-electron chi connectivity index (χ4n) is 2.48. The summed E-state index contributed by atoms with van der Waals surface area (Å²) in [5.74, 6) is 0.934. The zero-order valence-electron chi connectivity index (χ0n) is 11.2. The van der Waals surface area contributed by atoms with Gasteiger partial charge in [0, 0.05) is 6.54 Å². The number of hydrogen-bond acceptors (Lipinski definition) is 2. The quantitative estimate of drug-likeness (QED) is 0.884. The predicted octanol–water partition coefficient (Wildman–Crippen LogP) is 3.50. The van der Waals surface area contributed by atoms with Crippen molar-refractivity contribution in [2.24, 2.45) is 5.92 Å². The molecule has 0 atom stereocenters. The lowest BCUT2D eigenvalue weighted by molar-refractivity contribution is 0.130. The number of rotatable bonds is 4. The molecule has 0 heterocycles. The molecule has 1 fully saturated rings. The maximum Gasteiger partial charge on any atom is 0.165 e. The first kappa shape index (κ1) is 13.3. The van der Waals surface area contributed by atoms with E-state index in [0.717, 1.165) is 24.3 Å². The average molecular weight is 251 g/mol. The van der Waals surface area contributed by atoms with Crippen molar-refractivity contribution in [1.82, 2.24) is 5.32 Å². The summed E-state index contributed by atoms with van der Waals surface area (Å²) in [4.78, 5) is 0. The molecule has 0 spiro atoms. The van der Waals surface area contributed by atoms with Crippen LogP contribution in [0.1, 0.15) is 38.2 Å². The Kier molecular flexibility index (Phi) is 4.59. The topological polar surface area (TPSA) is 21.3 Å². The van der Waals surface area contributed by atoms with Gasteiger partial charge in [-0.3, -0.25) is 0 Å². The average Bonchev–Trinajstić information content (AvgIpc) is 2.36. The van der Waals surface area contributed by atoms with E-state index < -0.39 is 0 Å². The Morgan fingerprint density at radius 2 is 2.00 bits per heavy atom. The van der Waals surface area contributed by atoms with Crippen LogP contribution in [0.25, 0.3) is 0 Å². The van der Waals surface area contributed by atoms with Crippen molar-refractivity contribution in [2.45, 2.75) is 45.3 Å². The smallest absolute Gasteiger partial charge is 0.165 e. The molecule has 1 aliphatic carbocycles. The molecule has 0 bridgehead atoms. The summed E-state index contributed by atoms with van der Waals surface area (Å²) in [6.07, 6.45) is 4.64. The van der Waals surface area contributed by atoms with Crippen LogP contribution in [0.5, 0.6) is 5.75 Å². The molecule has 1 saturated carbocycles. The number of hydrogen-bond donors (Lipinski definition) is 1. The summed E-state index contributed by atoms with van der Waals surface area (Å²) >= 11 is 0. The highest BCUT2D eigenvalue weighted by Crippen LogP contribution is 2.28. The Morgan fingerprint density at radius 3 is 2.61 bits per heavy atom. The number of ether oxygens (including phenoxy) is 1. The van der Waals surface area contributed by atoms with Crippen LogP contribution in [0.3, 0.4) is 0 Å². The third-order valence-electron chi connectivity index (χ3n) is 3.63. The molecule has 0 unspecified atom stereocenters. The van der Waals surface area contributed by atoms with Gasteiger partial charge in [0.2, 0.25) is 0 Å². The first-order valence-electron chi connectivity index (χ1n) is 6.78. The molecule has 2 rings (SSSR count). The van der Waals surface area contributed by atoms with E-state index in [1.54, 1.807) is 12.1 Å². The van der Waals surface area contributed by atoms with E-state index in [1.807, 2.05) is 13.1 Å². The SMILES string of the molecule is CNCc1ccc(OC2CCC(C)CC2)c(F)c1. The van der Waals surface area contributed by atoms with Gasteiger partial charge in [-0.2, -0.15) is 0 Å². The molecule has 0 radical (unpaired) electrons. The summed E-state index contributed by atoms with van der Waals surface area (Å²) in [6.45, 7) is 2.95. The van der Waals surface area contributed by atoms with Gasteiger partial charge in [0.25, 0.3) is 0 Å². The van der Waals surface area contributed by atoms with E-state index in [9.17, 15) is 4.39 Å². The van der Waals surface area contributed by atoms with Gasteiger partial charge >= 0.3 is 0 Å². The van der Waals surface area contributed by atoms with Crippen LogP contribution < -0.4 is 10.1 Å². The van der Waals surface area contributed by atoms with E-state index in [2.05, 4.69) is 12.2 Å². The van der Waals surface area contributed by atoms with Crippen LogP contribution in [0.2, 0.25) is 0 Å². The first-order valence-corrected chi connectivity index (χ1v) is 6.78. The van der Waals surface area contributed by atoms with Crippen molar-refractivity contribution in [3.8, 4) is 5.75 Å². The predicted molar refractivity (Wildman–Crippen MR) is 71.2 cm³/mol. The minimum Gasteiger partial charge on any atom is -0.487 e. The summed E-state index contributed by atoms with van der Waals surface area (Å²) in [5, 5.41) is 3.01. The Balaban J connectivity index is 1.96. The Labute approximate surface area is 109 Å². The zero-order valence-corrected chi connectivity index (χ0v) is 11.2. The fourth-order valence-corrected chi connectivity index (χ4v) is 2.48. The van der Waals surface area contributed by atoms with Crippen LogP contribution in [-0.2, 0) is 6.54 Å². The summed E-state index contributed by atoms with van der Waals surface area (Å²) in [6, 6.07) is 5.22. The lowest BCUT2D eigenvalue weighted by Gasteiger charge is -2.27. The van der Waals surface area contributed by atoms with Crippen LogP contribution >= 0.6 is 0 Å². The number of nitrogens with one attached hydrogen (secondary N) is 1. The van der Waals surface area contributed by atoms with E-state index in [1.165, 1.54) is 12.8 Å². The molecule has 0 aromatic heterocycles. The fraction of sp³-hybridized carbons (Fsp3) is 0.600. The summed E-state index contributed by atoms with van der Waals surface area (Å²) < 4.78 is 19.6. The second kappa shape index (κ2) is 6.19. The van der Waals surface area contributed by atoms with Crippen molar-refractivity contribution in [2.75, 3.05) is 7.05 Å². The van der Waals surface area contributed by atoms with E-state index >= 15 is 0 Å². The number of halogens is 1. The molecular formula is C15H22FNO. The minimum atomic E-state index is -0.249. The Bertz CT molecular complexity index is 386. The van der Waals surface area contributed by atoms with Gasteiger partial charge in [-0.15, -0.1) is 0 Å². The normalized spacial score (nSPS) is 23.9. The lowest BCUT2D eigenvalue weighted by Crippen LogP contribution is -2.23. The van der Waals surface area contributed by atoms with Gasteiger partial charge in [0.1, 0.15) is 0 Å². The van der Waals surface area contributed by atoms with Crippen molar-refractivity contribution < 1.29 is 9.13 Å². The molecule has 18 heavy (non-hydrogen) atoms. The van der Waals surface area contributed by atoms with Crippen molar-refractivity contribution in [3.05, 3.63) is 29.6 Å². The molecule has 0 saturated heterocycles. The van der Waals surface area contributed by atoms with Crippen LogP contribution in [0, 0.1) is 11.7 Å². The van der Waals surface area contributed by atoms with Gasteiger partial charge in [0.15, 0.2) is 11.6 Å². The molecule has 0 aliphatic heterocycles. The molecule has 0 amide bonds. The summed E-state index contributed by atoms with van der Waals surface area (Å²) in [7, 11) is 1.85. The van der Waals surface area contributed by atoms with Crippen molar-refractivity contribution in [3.63, 3.8) is 0 Å². The van der Waals surface area contributed by atoms with Crippen molar-refractivity contribution in [1.29, 1.82) is 0 Å². The Hall–Kier alpha value is -1.09. The molecule has 3 heteroatoms. The standard InChI is InChI=1S/C15H22FNO/c1-11-3-6-13(7-4-11)18-15-8-5-12(10-17-2)9-14(15)16/h5,8-9,11,13,17H,3-4,6-7,10H2,1-2H3. The number of benzene rings is 1. The second-order valence-corrected chi connectivity index (χ2v) is 5.29. The third-order valence-corrected chi connectivity index (χ3v) is 3.63. The highest BCUT2D eigenvalue weighted by atomic mass is 19.1. The van der Waals surface area contributed by atoms with Gasteiger partial charge in [-0.05, 0) is 56.3 Å². The molecule has 1 aliphatic rings. The Morgan fingerprint density at radius 1 is 1.28 bits per heavy atom. The van der Waals surface area contributed by atoms with Crippen molar-refractivity contribution >= 4 is 0 Å². The van der Waals surface area contributed by atoms with E-state index in [4.69, 9.17) is 4.74 Å². The molecular weight excluding hydrogens is 229 g/mol. The molecule has 100 valence electrons. The molecule has 1 aromatic rings. The van der Waals surface area contributed by atoms with Crippen LogP contribution in [0.4, 0.5) is 4.39 Å². The van der Waals surface area contributed by atoms with E-state index in [-0.39, 0.29) is 11.9 Å². The molecule has 2 nitrogen and oxygen atoms in total. The highest BCUT2D eigenvalue weighted by Gasteiger charge is 2.20. The first-order chi connectivity index (χ1) is 8.69. The van der Waals surface area contributed by atoms with Crippen LogP contribution in [0.15, 0.2) is 18.2 Å². The maximum atomic E-state index is 13.9. The largest absolute Gasteiger partial charge is 0.487 e. The van der Waals surface area contributed by atoms with Gasteiger partial charge in [-0.1, -0.05) is 13.0 Å². The molecule has 1 N–H and O–H groups in total. The zero-order chi connectivity index (χ0) is 13.0. The maximum absolute atomic E-state index is 13.9. The van der Waals surface area contributed by atoms with Gasteiger partial charge < -0.3 is 10.1 Å². The van der Waals surface area contributed by atoms with Crippen LogP contribution in [-0.4, -0.2) is 13.2 Å².